The van der Waals surface area contributed by atoms with E-state index in [0.717, 1.165) is 6.54 Å². The Bertz CT molecular complexity index is 474. The van der Waals surface area contributed by atoms with Crippen LogP contribution in [0.3, 0.4) is 0 Å². The van der Waals surface area contributed by atoms with Gasteiger partial charge in [0, 0.05) is 19.3 Å². The van der Waals surface area contributed by atoms with Crippen molar-refractivity contribution in [2.24, 2.45) is 0 Å². The molecule has 1 atom stereocenters. The summed E-state index contributed by atoms with van der Waals surface area (Å²) in [5.74, 6) is -0.228. The number of aryl methyl sites for hydroxylation is 2. The maximum atomic E-state index is 11.8. The smallest absolute Gasteiger partial charge is 0.325 e. The molecule has 4 nitrogen and oxygen atoms in total. The number of methoxy groups -OCH3 is 1. The van der Waals surface area contributed by atoms with Crippen molar-refractivity contribution in [1.82, 2.24) is 5.32 Å². The molecule has 4 heteroatoms. The average Bonchev–Trinajstić information content (AvgIpc) is 2.43. The monoisotopic (exact) mass is 278 g/mol. The van der Waals surface area contributed by atoms with E-state index in [4.69, 9.17) is 4.74 Å². The van der Waals surface area contributed by atoms with E-state index in [0.29, 0.717) is 6.42 Å². The molecule has 1 aromatic rings. The second-order valence-electron chi connectivity index (χ2n) is 5.54. The number of rotatable bonds is 6. The number of benzene rings is 1. The van der Waals surface area contributed by atoms with Gasteiger partial charge < -0.3 is 15.0 Å². The third-order valence-corrected chi connectivity index (χ3v) is 3.90. The van der Waals surface area contributed by atoms with Crippen molar-refractivity contribution in [3.63, 3.8) is 0 Å². The van der Waals surface area contributed by atoms with Gasteiger partial charge in [-0.25, -0.2) is 0 Å². The Morgan fingerprint density at radius 1 is 1.40 bits per heavy atom. The van der Waals surface area contributed by atoms with E-state index in [1.165, 1.54) is 23.9 Å². The molecule has 0 spiro atoms. The molecule has 1 rings (SSSR count). The van der Waals surface area contributed by atoms with Crippen LogP contribution in [0.15, 0.2) is 18.2 Å². The van der Waals surface area contributed by atoms with Crippen LogP contribution in [0.4, 0.5) is 5.69 Å². The quantitative estimate of drug-likeness (QED) is 0.811. The van der Waals surface area contributed by atoms with E-state index in [1.54, 1.807) is 7.05 Å². The zero-order valence-electron chi connectivity index (χ0n) is 13.4. The lowest BCUT2D eigenvalue weighted by Gasteiger charge is -2.30. The summed E-state index contributed by atoms with van der Waals surface area (Å²) in [6.07, 6.45) is 0.681. The normalized spacial score (nSPS) is 13.7. The molecule has 0 aliphatic carbocycles. The number of anilines is 1. The standard InChI is InChI=1S/C16H26N2O2/c1-12-7-8-14(13(2)11-12)18(5)10-9-16(3,17-4)15(19)20-6/h7-8,11,17H,9-10H2,1-6H3. The molecular weight excluding hydrogens is 252 g/mol. The number of carbonyl (C=O) groups excluding carboxylic acids is 1. The minimum atomic E-state index is -0.651. The number of hydrogen-bond donors (Lipinski definition) is 1. The summed E-state index contributed by atoms with van der Waals surface area (Å²) in [5, 5.41) is 3.06. The molecule has 0 aliphatic rings. The summed E-state index contributed by atoms with van der Waals surface area (Å²) in [7, 11) is 5.25. The van der Waals surface area contributed by atoms with E-state index in [-0.39, 0.29) is 5.97 Å². The topological polar surface area (TPSA) is 41.6 Å². The fourth-order valence-corrected chi connectivity index (χ4v) is 2.30. The van der Waals surface area contributed by atoms with Gasteiger partial charge in [-0.2, -0.15) is 0 Å². The molecule has 112 valence electrons. The van der Waals surface area contributed by atoms with Gasteiger partial charge in [0.25, 0.3) is 0 Å². The highest BCUT2D eigenvalue weighted by Gasteiger charge is 2.32. The summed E-state index contributed by atoms with van der Waals surface area (Å²) in [4.78, 5) is 14.0. The van der Waals surface area contributed by atoms with E-state index in [9.17, 15) is 4.79 Å². The van der Waals surface area contributed by atoms with Gasteiger partial charge in [0.1, 0.15) is 5.54 Å². The molecule has 1 N–H and O–H groups in total. The maximum absolute atomic E-state index is 11.8. The molecule has 0 fully saturated rings. The molecule has 0 bridgehead atoms. The predicted octanol–water partition coefficient (Wildman–Crippen LogP) is 2.28. The first-order valence-corrected chi connectivity index (χ1v) is 6.90. The summed E-state index contributed by atoms with van der Waals surface area (Å²) >= 11 is 0. The Morgan fingerprint density at radius 2 is 2.05 bits per heavy atom. The van der Waals surface area contributed by atoms with Crippen LogP contribution < -0.4 is 10.2 Å². The zero-order valence-corrected chi connectivity index (χ0v) is 13.4. The Kier molecular flexibility index (Phi) is 5.57. The molecule has 0 heterocycles. The van der Waals surface area contributed by atoms with Crippen LogP contribution in [0.25, 0.3) is 0 Å². The molecule has 1 aromatic carbocycles. The van der Waals surface area contributed by atoms with Gasteiger partial charge in [0.2, 0.25) is 0 Å². The highest BCUT2D eigenvalue weighted by molar-refractivity contribution is 5.80. The fraction of sp³-hybridized carbons (Fsp3) is 0.562. The number of likely N-dealkylation sites (N-methyl/N-ethyl adjacent to an activating group) is 1. The number of esters is 1. The minimum absolute atomic E-state index is 0.228. The van der Waals surface area contributed by atoms with Crippen LogP contribution in [-0.4, -0.2) is 39.3 Å². The summed E-state index contributed by atoms with van der Waals surface area (Å²) in [5.41, 5.74) is 3.05. The van der Waals surface area contributed by atoms with E-state index in [1.807, 2.05) is 14.0 Å². The Balaban J connectivity index is 2.75. The number of nitrogens with zero attached hydrogens (tertiary/aromatic N) is 1. The van der Waals surface area contributed by atoms with Crippen LogP contribution in [-0.2, 0) is 9.53 Å². The van der Waals surface area contributed by atoms with Crippen LogP contribution in [0, 0.1) is 13.8 Å². The first kappa shape index (κ1) is 16.5. The van der Waals surface area contributed by atoms with Crippen molar-refractivity contribution in [3.05, 3.63) is 29.3 Å². The van der Waals surface area contributed by atoms with Crippen molar-refractivity contribution in [3.8, 4) is 0 Å². The van der Waals surface area contributed by atoms with E-state index < -0.39 is 5.54 Å². The average molecular weight is 278 g/mol. The predicted molar refractivity (Wildman–Crippen MR) is 83.3 cm³/mol. The molecule has 1 unspecified atom stereocenters. The van der Waals surface area contributed by atoms with Crippen molar-refractivity contribution in [1.29, 1.82) is 0 Å². The third kappa shape index (κ3) is 3.73. The zero-order chi connectivity index (χ0) is 15.3. The van der Waals surface area contributed by atoms with Crippen molar-refractivity contribution >= 4 is 11.7 Å². The minimum Gasteiger partial charge on any atom is -0.468 e. The van der Waals surface area contributed by atoms with Crippen molar-refractivity contribution in [2.75, 3.05) is 32.6 Å². The maximum Gasteiger partial charge on any atom is 0.325 e. The molecule has 0 aliphatic heterocycles. The lowest BCUT2D eigenvalue weighted by Crippen LogP contribution is -2.50. The molecule has 0 saturated heterocycles. The second kappa shape index (κ2) is 6.75. The SMILES string of the molecule is CNC(C)(CCN(C)c1ccc(C)cc1C)C(=O)OC. The van der Waals surface area contributed by atoms with Gasteiger partial charge in [0.05, 0.1) is 7.11 Å². The van der Waals surface area contributed by atoms with Gasteiger partial charge >= 0.3 is 5.97 Å². The first-order valence-electron chi connectivity index (χ1n) is 6.90. The van der Waals surface area contributed by atoms with Crippen LogP contribution in [0.5, 0.6) is 0 Å². The largest absolute Gasteiger partial charge is 0.468 e. The second-order valence-corrected chi connectivity index (χ2v) is 5.54. The Morgan fingerprint density at radius 3 is 2.55 bits per heavy atom. The van der Waals surface area contributed by atoms with Gasteiger partial charge in [-0.1, -0.05) is 17.7 Å². The number of nitrogens with one attached hydrogen (secondary N) is 1. The number of hydrogen-bond acceptors (Lipinski definition) is 4. The van der Waals surface area contributed by atoms with Crippen LogP contribution >= 0.6 is 0 Å². The lowest BCUT2D eigenvalue weighted by atomic mass is 9.97. The van der Waals surface area contributed by atoms with Gasteiger partial charge in [0.15, 0.2) is 0 Å². The Hall–Kier alpha value is -1.55. The van der Waals surface area contributed by atoms with Crippen LogP contribution in [0.1, 0.15) is 24.5 Å². The van der Waals surface area contributed by atoms with E-state index in [2.05, 4.69) is 42.3 Å². The molecule has 0 radical (unpaired) electrons. The summed E-state index contributed by atoms with van der Waals surface area (Å²) in [6, 6.07) is 6.40. The fourth-order valence-electron chi connectivity index (χ4n) is 2.30. The molecule has 0 amide bonds. The molecule has 20 heavy (non-hydrogen) atoms. The van der Waals surface area contributed by atoms with Crippen LogP contribution in [0.2, 0.25) is 0 Å². The third-order valence-electron chi connectivity index (χ3n) is 3.90. The highest BCUT2D eigenvalue weighted by atomic mass is 16.5. The molecule has 0 saturated carbocycles. The van der Waals surface area contributed by atoms with Gasteiger partial charge in [-0.3, -0.25) is 4.79 Å². The summed E-state index contributed by atoms with van der Waals surface area (Å²) in [6.45, 7) is 6.84. The highest BCUT2D eigenvalue weighted by Crippen LogP contribution is 2.21. The number of carbonyl (C=O) groups is 1. The molecule has 0 aromatic heterocycles. The van der Waals surface area contributed by atoms with Crippen molar-refractivity contribution < 1.29 is 9.53 Å². The lowest BCUT2D eigenvalue weighted by molar-refractivity contribution is -0.147. The Labute approximate surface area is 122 Å². The molecular formula is C16H26N2O2. The summed E-state index contributed by atoms with van der Waals surface area (Å²) < 4.78 is 4.86. The van der Waals surface area contributed by atoms with Gasteiger partial charge in [-0.15, -0.1) is 0 Å². The van der Waals surface area contributed by atoms with E-state index >= 15 is 0 Å². The first-order chi connectivity index (χ1) is 9.34. The number of ether oxygens (including phenoxy) is 1. The van der Waals surface area contributed by atoms with Gasteiger partial charge in [-0.05, 0) is 45.9 Å². The van der Waals surface area contributed by atoms with Crippen molar-refractivity contribution in [2.45, 2.75) is 32.7 Å².